The Morgan fingerprint density at radius 2 is 2.06 bits per heavy atom. The number of benzene rings is 1. The molecule has 0 amide bonds. The van der Waals surface area contributed by atoms with Crippen LogP contribution in [0, 0.1) is 5.82 Å². The summed E-state index contributed by atoms with van der Waals surface area (Å²) < 4.78 is 19.0. The Morgan fingerprint density at radius 1 is 1.39 bits per heavy atom. The lowest BCUT2D eigenvalue weighted by atomic mass is 10.0. The normalized spacial score (nSPS) is 14.8. The van der Waals surface area contributed by atoms with E-state index in [1.807, 2.05) is 6.07 Å². The highest BCUT2D eigenvalue weighted by atomic mass is 19.1. The van der Waals surface area contributed by atoms with Crippen LogP contribution in [0.3, 0.4) is 0 Å². The van der Waals surface area contributed by atoms with Crippen molar-refractivity contribution < 1.29 is 9.13 Å². The van der Waals surface area contributed by atoms with Crippen LogP contribution in [-0.4, -0.2) is 37.7 Å². The lowest BCUT2D eigenvalue weighted by Gasteiger charge is -2.35. The minimum Gasteiger partial charge on any atom is -0.383 e. The van der Waals surface area contributed by atoms with Gasteiger partial charge in [-0.05, 0) is 19.5 Å². The van der Waals surface area contributed by atoms with E-state index in [0.717, 1.165) is 6.54 Å². The number of hydrogen-bond acceptors (Lipinski definition) is 3. The van der Waals surface area contributed by atoms with E-state index in [1.165, 1.54) is 6.07 Å². The number of halogens is 1. The second-order valence-electron chi connectivity index (χ2n) is 4.41. The number of nitrogens with two attached hydrogens (primary N) is 1. The van der Waals surface area contributed by atoms with Gasteiger partial charge in [-0.15, -0.1) is 0 Å². The summed E-state index contributed by atoms with van der Waals surface area (Å²) in [7, 11) is 1.67. The summed E-state index contributed by atoms with van der Waals surface area (Å²) in [4.78, 5) is 2.17. The molecule has 0 saturated carbocycles. The van der Waals surface area contributed by atoms with Crippen molar-refractivity contribution in [3.63, 3.8) is 0 Å². The number of ether oxygens (including phenoxy) is 1. The summed E-state index contributed by atoms with van der Waals surface area (Å²) >= 11 is 0. The minimum atomic E-state index is -0.198. The van der Waals surface area contributed by atoms with Crippen molar-refractivity contribution in [1.82, 2.24) is 4.90 Å². The number of hydrogen-bond donors (Lipinski definition) is 1. The first kappa shape index (κ1) is 15.1. The Labute approximate surface area is 109 Å². The third-order valence-corrected chi connectivity index (χ3v) is 3.23. The molecule has 1 aromatic rings. The maximum atomic E-state index is 13.9. The predicted molar refractivity (Wildman–Crippen MR) is 71.9 cm³/mol. The van der Waals surface area contributed by atoms with E-state index in [9.17, 15) is 4.39 Å². The first-order valence-electron chi connectivity index (χ1n) is 6.34. The molecule has 0 aromatic heterocycles. The van der Waals surface area contributed by atoms with E-state index in [-0.39, 0.29) is 17.9 Å². The first-order valence-corrected chi connectivity index (χ1v) is 6.34. The van der Waals surface area contributed by atoms with E-state index in [4.69, 9.17) is 10.5 Å². The molecule has 0 saturated heterocycles. The SMILES string of the molecule is CCN(C(C)COC)C(CN)c1ccccc1F. The van der Waals surface area contributed by atoms with Gasteiger partial charge >= 0.3 is 0 Å². The van der Waals surface area contributed by atoms with Crippen molar-refractivity contribution in [2.75, 3.05) is 26.8 Å². The van der Waals surface area contributed by atoms with Gasteiger partial charge in [0, 0.05) is 25.3 Å². The number of methoxy groups -OCH3 is 1. The molecule has 0 aliphatic heterocycles. The van der Waals surface area contributed by atoms with E-state index in [0.29, 0.717) is 18.7 Å². The summed E-state index contributed by atoms with van der Waals surface area (Å²) in [6.07, 6.45) is 0. The van der Waals surface area contributed by atoms with Crippen LogP contribution in [0.5, 0.6) is 0 Å². The van der Waals surface area contributed by atoms with Crippen molar-refractivity contribution >= 4 is 0 Å². The van der Waals surface area contributed by atoms with Crippen LogP contribution >= 0.6 is 0 Å². The Bertz CT molecular complexity index is 359. The summed E-state index contributed by atoms with van der Waals surface area (Å²) in [6.45, 7) is 5.93. The molecule has 0 fully saturated rings. The molecule has 1 aromatic carbocycles. The van der Waals surface area contributed by atoms with Crippen LogP contribution in [0.2, 0.25) is 0 Å². The van der Waals surface area contributed by atoms with Crippen LogP contribution < -0.4 is 5.73 Å². The molecule has 0 bridgehead atoms. The summed E-state index contributed by atoms with van der Waals surface area (Å²) in [6, 6.07) is 6.91. The summed E-state index contributed by atoms with van der Waals surface area (Å²) in [5.41, 5.74) is 6.49. The average molecular weight is 254 g/mol. The largest absolute Gasteiger partial charge is 0.383 e. The highest BCUT2D eigenvalue weighted by Gasteiger charge is 2.24. The average Bonchev–Trinajstić information content (AvgIpc) is 2.37. The molecule has 102 valence electrons. The van der Waals surface area contributed by atoms with E-state index < -0.39 is 0 Å². The van der Waals surface area contributed by atoms with Crippen molar-refractivity contribution in [2.45, 2.75) is 25.9 Å². The number of likely N-dealkylation sites (N-methyl/N-ethyl adjacent to an activating group) is 1. The van der Waals surface area contributed by atoms with Gasteiger partial charge in [0.15, 0.2) is 0 Å². The van der Waals surface area contributed by atoms with Gasteiger partial charge in [-0.1, -0.05) is 25.1 Å². The van der Waals surface area contributed by atoms with Gasteiger partial charge < -0.3 is 10.5 Å². The molecule has 0 aliphatic carbocycles. The molecule has 4 heteroatoms. The number of nitrogens with zero attached hydrogens (tertiary/aromatic N) is 1. The maximum absolute atomic E-state index is 13.9. The van der Waals surface area contributed by atoms with Gasteiger partial charge in [0.2, 0.25) is 0 Å². The fraction of sp³-hybridized carbons (Fsp3) is 0.571. The monoisotopic (exact) mass is 254 g/mol. The van der Waals surface area contributed by atoms with Crippen LogP contribution in [0.4, 0.5) is 4.39 Å². The Morgan fingerprint density at radius 3 is 2.56 bits per heavy atom. The van der Waals surface area contributed by atoms with Gasteiger partial charge in [-0.2, -0.15) is 0 Å². The molecule has 2 N–H and O–H groups in total. The topological polar surface area (TPSA) is 38.5 Å². The fourth-order valence-corrected chi connectivity index (χ4v) is 2.36. The molecule has 1 rings (SSSR count). The Balaban J connectivity index is 2.96. The summed E-state index contributed by atoms with van der Waals surface area (Å²) in [5, 5.41) is 0. The maximum Gasteiger partial charge on any atom is 0.128 e. The molecule has 18 heavy (non-hydrogen) atoms. The van der Waals surface area contributed by atoms with Crippen LogP contribution in [-0.2, 0) is 4.74 Å². The zero-order chi connectivity index (χ0) is 13.5. The molecule has 2 atom stereocenters. The third kappa shape index (κ3) is 3.51. The highest BCUT2D eigenvalue weighted by Crippen LogP contribution is 2.24. The van der Waals surface area contributed by atoms with E-state index in [1.54, 1.807) is 19.2 Å². The van der Waals surface area contributed by atoms with Gasteiger partial charge in [-0.3, -0.25) is 4.90 Å². The fourth-order valence-electron chi connectivity index (χ4n) is 2.36. The zero-order valence-electron chi connectivity index (χ0n) is 11.4. The third-order valence-electron chi connectivity index (χ3n) is 3.23. The minimum absolute atomic E-state index is 0.110. The van der Waals surface area contributed by atoms with Gasteiger partial charge in [0.25, 0.3) is 0 Å². The van der Waals surface area contributed by atoms with Gasteiger partial charge in [-0.25, -0.2) is 4.39 Å². The lowest BCUT2D eigenvalue weighted by molar-refractivity contribution is 0.0740. The highest BCUT2D eigenvalue weighted by molar-refractivity contribution is 5.22. The van der Waals surface area contributed by atoms with Crippen molar-refractivity contribution in [1.29, 1.82) is 0 Å². The molecular weight excluding hydrogens is 231 g/mol. The standard InChI is InChI=1S/C14H23FN2O/c1-4-17(11(2)10-18-3)14(9-16)12-7-5-6-8-13(12)15/h5-8,11,14H,4,9-10,16H2,1-3H3. The molecular formula is C14H23FN2O. The van der Waals surface area contributed by atoms with Crippen molar-refractivity contribution in [3.05, 3.63) is 35.6 Å². The van der Waals surface area contributed by atoms with Crippen LogP contribution in [0.15, 0.2) is 24.3 Å². The quantitative estimate of drug-likeness (QED) is 0.810. The molecule has 2 unspecified atom stereocenters. The molecule has 3 nitrogen and oxygen atoms in total. The van der Waals surface area contributed by atoms with Crippen molar-refractivity contribution in [3.8, 4) is 0 Å². The Kier molecular flexibility index (Phi) is 6.25. The smallest absolute Gasteiger partial charge is 0.128 e. The zero-order valence-corrected chi connectivity index (χ0v) is 11.4. The van der Waals surface area contributed by atoms with Crippen molar-refractivity contribution in [2.24, 2.45) is 5.73 Å². The van der Waals surface area contributed by atoms with E-state index in [2.05, 4.69) is 18.7 Å². The molecule has 0 heterocycles. The Hall–Kier alpha value is -0.970. The summed E-state index contributed by atoms with van der Waals surface area (Å²) in [5.74, 6) is -0.198. The lowest BCUT2D eigenvalue weighted by Crippen LogP contribution is -2.42. The molecule has 0 radical (unpaired) electrons. The second kappa shape index (κ2) is 7.46. The number of rotatable bonds is 7. The van der Waals surface area contributed by atoms with Gasteiger partial charge in [0.05, 0.1) is 12.6 Å². The molecule has 0 aliphatic rings. The van der Waals surface area contributed by atoms with Crippen LogP contribution in [0.25, 0.3) is 0 Å². The first-order chi connectivity index (χ1) is 8.65. The molecule has 0 spiro atoms. The second-order valence-corrected chi connectivity index (χ2v) is 4.41. The predicted octanol–water partition coefficient (Wildman–Crippen LogP) is 2.18. The van der Waals surface area contributed by atoms with Crippen LogP contribution in [0.1, 0.15) is 25.5 Å². The van der Waals surface area contributed by atoms with Gasteiger partial charge in [0.1, 0.15) is 5.82 Å². The van der Waals surface area contributed by atoms with E-state index >= 15 is 0 Å².